The highest BCUT2D eigenvalue weighted by molar-refractivity contribution is 5.57. The Morgan fingerprint density at radius 3 is 2.45 bits per heavy atom. The van der Waals surface area contributed by atoms with Gasteiger partial charge in [0.2, 0.25) is 5.95 Å². The van der Waals surface area contributed by atoms with E-state index in [9.17, 15) is 0 Å². The number of hydrogen-bond acceptors (Lipinski definition) is 4. The van der Waals surface area contributed by atoms with Crippen LogP contribution in [0.1, 0.15) is 31.5 Å². The highest BCUT2D eigenvalue weighted by atomic mass is 15.1. The van der Waals surface area contributed by atoms with Gasteiger partial charge in [-0.25, -0.2) is 4.98 Å². The minimum atomic E-state index is 0.664. The van der Waals surface area contributed by atoms with E-state index in [0.717, 1.165) is 30.2 Å². The van der Waals surface area contributed by atoms with E-state index >= 15 is 0 Å². The lowest BCUT2D eigenvalue weighted by atomic mass is 10.1. The fraction of sp³-hybridized carbons (Fsp3) is 0.375. The maximum absolute atomic E-state index is 4.44. The summed E-state index contributed by atoms with van der Waals surface area (Å²) in [5, 5.41) is 6.46. The van der Waals surface area contributed by atoms with Gasteiger partial charge in [-0.15, -0.1) is 0 Å². The number of rotatable bonds is 6. The van der Waals surface area contributed by atoms with E-state index in [1.807, 2.05) is 19.9 Å². The topological polar surface area (TPSA) is 49.8 Å². The first-order chi connectivity index (χ1) is 9.71. The zero-order valence-electron chi connectivity index (χ0n) is 12.4. The molecule has 0 saturated carbocycles. The molecule has 0 aliphatic rings. The van der Waals surface area contributed by atoms with Crippen LogP contribution in [0.15, 0.2) is 30.3 Å². The van der Waals surface area contributed by atoms with E-state index in [2.05, 4.69) is 51.8 Å². The largest absolute Gasteiger partial charge is 0.354 e. The van der Waals surface area contributed by atoms with Crippen LogP contribution in [0.4, 0.5) is 17.5 Å². The summed E-state index contributed by atoms with van der Waals surface area (Å²) >= 11 is 0. The van der Waals surface area contributed by atoms with Gasteiger partial charge >= 0.3 is 0 Å². The van der Waals surface area contributed by atoms with Crippen LogP contribution in [-0.4, -0.2) is 16.5 Å². The van der Waals surface area contributed by atoms with Crippen molar-refractivity contribution < 1.29 is 0 Å². The molecule has 0 bridgehead atoms. The summed E-state index contributed by atoms with van der Waals surface area (Å²) in [7, 11) is 0. The second-order valence-electron chi connectivity index (χ2n) is 4.82. The number of benzene rings is 1. The SMILES string of the molecule is CCCc1ccc(Nc2cc(C)nc(NCC)n2)cc1. The third-order valence-corrected chi connectivity index (χ3v) is 2.95. The van der Waals surface area contributed by atoms with Gasteiger partial charge in [-0.3, -0.25) is 0 Å². The fourth-order valence-corrected chi connectivity index (χ4v) is 2.06. The molecule has 4 nitrogen and oxygen atoms in total. The van der Waals surface area contributed by atoms with Crippen LogP contribution in [0.2, 0.25) is 0 Å². The number of nitrogens with zero attached hydrogens (tertiary/aromatic N) is 2. The van der Waals surface area contributed by atoms with Crippen LogP contribution in [-0.2, 0) is 6.42 Å². The Balaban J connectivity index is 2.12. The van der Waals surface area contributed by atoms with Crippen LogP contribution < -0.4 is 10.6 Å². The van der Waals surface area contributed by atoms with Gasteiger partial charge in [0, 0.05) is 24.0 Å². The first kappa shape index (κ1) is 14.3. The molecule has 0 saturated heterocycles. The summed E-state index contributed by atoms with van der Waals surface area (Å²) in [5.41, 5.74) is 3.36. The molecular weight excluding hydrogens is 248 g/mol. The molecule has 0 aliphatic heterocycles. The van der Waals surface area contributed by atoms with Crippen LogP contribution in [0.5, 0.6) is 0 Å². The molecule has 2 aromatic rings. The first-order valence-corrected chi connectivity index (χ1v) is 7.16. The van der Waals surface area contributed by atoms with E-state index in [-0.39, 0.29) is 0 Å². The third kappa shape index (κ3) is 3.95. The molecule has 2 rings (SSSR count). The standard InChI is InChI=1S/C16H22N4/c1-4-6-13-7-9-14(10-8-13)19-15-11-12(3)18-16(20-15)17-5-2/h7-11H,4-6H2,1-3H3,(H2,17,18,19,20). The van der Waals surface area contributed by atoms with Crippen molar-refractivity contribution in [2.24, 2.45) is 0 Å². The zero-order valence-corrected chi connectivity index (χ0v) is 12.4. The summed E-state index contributed by atoms with van der Waals surface area (Å²) < 4.78 is 0. The lowest BCUT2D eigenvalue weighted by molar-refractivity contribution is 0.922. The molecule has 0 fully saturated rings. The molecule has 4 heteroatoms. The number of aromatic nitrogens is 2. The number of hydrogen-bond donors (Lipinski definition) is 2. The van der Waals surface area contributed by atoms with Crippen molar-refractivity contribution in [1.29, 1.82) is 0 Å². The molecule has 0 amide bonds. The van der Waals surface area contributed by atoms with Crippen molar-refractivity contribution in [3.63, 3.8) is 0 Å². The summed E-state index contributed by atoms with van der Waals surface area (Å²) in [6.07, 6.45) is 2.29. The summed E-state index contributed by atoms with van der Waals surface area (Å²) in [6, 6.07) is 10.4. The minimum absolute atomic E-state index is 0.664. The van der Waals surface area contributed by atoms with Crippen molar-refractivity contribution in [2.75, 3.05) is 17.2 Å². The lowest BCUT2D eigenvalue weighted by Crippen LogP contribution is -2.05. The van der Waals surface area contributed by atoms with Crippen LogP contribution in [0.3, 0.4) is 0 Å². The van der Waals surface area contributed by atoms with Gasteiger partial charge in [0.05, 0.1) is 0 Å². The maximum Gasteiger partial charge on any atom is 0.224 e. The Morgan fingerprint density at radius 2 is 1.80 bits per heavy atom. The van der Waals surface area contributed by atoms with Crippen molar-refractivity contribution in [3.05, 3.63) is 41.6 Å². The normalized spacial score (nSPS) is 10.3. The van der Waals surface area contributed by atoms with Crippen molar-refractivity contribution in [1.82, 2.24) is 9.97 Å². The maximum atomic E-state index is 4.44. The second-order valence-corrected chi connectivity index (χ2v) is 4.82. The Labute approximate surface area is 120 Å². The Hall–Kier alpha value is -2.10. The minimum Gasteiger partial charge on any atom is -0.354 e. The molecule has 0 aliphatic carbocycles. The molecule has 0 spiro atoms. The number of aryl methyl sites for hydroxylation is 2. The lowest BCUT2D eigenvalue weighted by Gasteiger charge is -2.09. The van der Waals surface area contributed by atoms with Crippen molar-refractivity contribution in [2.45, 2.75) is 33.6 Å². The molecule has 0 unspecified atom stereocenters. The predicted molar refractivity (Wildman–Crippen MR) is 84.7 cm³/mol. The van der Waals surface area contributed by atoms with Crippen molar-refractivity contribution >= 4 is 17.5 Å². The summed E-state index contributed by atoms with van der Waals surface area (Å²) in [6.45, 7) is 7.01. The monoisotopic (exact) mass is 270 g/mol. The number of nitrogens with one attached hydrogen (secondary N) is 2. The smallest absolute Gasteiger partial charge is 0.224 e. The average Bonchev–Trinajstić information content (AvgIpc) is 2.41. The molecule has 0 radical (unpaired) electrons. The van der Waals surface area contributed by atoms with Gasteiger partial charge in [0.15, 0.2) is 0 Å². The van der Waals surface area contributed by atoms with Crippen molar-refractivity contribution in [3.8, 4) is 0 Å². The summed E-state index contributed by atoms with van der Waals surface area (Å²) in [4.78, 5) is 8.79. The van der Waals surface area contributed by atoms with E-state index in [0.29, 0.717) is 5.95 Å². The van der Waals surface area contributed by atoms with Gasteiger partial charge < -0.3 is 10.6 Å². The molecule has 1 aromatic heterocycles. The Morgan fingerprint density at radius 1 is 1.05 bits per heavy atom. The third-order valence-electron chi connectivity index (χ3n) is 2.95. The molecule has 20 heavy (non-hydrogen) atoms. The molecule has 2 N–H and O–H groups in total. The molecule has 1 aromatic carbocycles. The van der Waals surface area contributed by atoms with E-state index in [4.69, 9.17) is 0 Å². The quantitative estimate of drug-likeness (QED) is 0.835. The Bertz CT molecular complexity index is 549. The van der Waals surface area contributed by atoms with Gasteiger partial charge in [0.25, 0.3) is 0 Å². The molecular formula is C16H22N4. The molecule has 0 atom stereocenters. The van der Waals surface area contributed by atoms with Crippen LogP contribution >= 0.6 is 0 Å². The first-order valence-electron chi connectivity index (χ1n) is 7.16. The highest BCUT2D eigenvalue weighted by Crippen LogP contribution is 2.17. The van der Waals surface area contributed by atoms with Gasteiger partial charge in [-0.2, -0.15) is 4.98 Å². The van der Waals surface area contributed by atoms with E-state index in [1.54, 1.807) is 0 Å². The Kier molecular flexibility index (Phi) is 4.93. The van der Waals surface area contributed by atoms with Gasteiger partial charge in [0.1, 0.15) is 5.82 Å². The molecule has 1 heterocycles. The van der Waals surface area contributed by atoms with Gasteiger partial charge in [-0.1, -0.05) is 25.5 Å². The second kappa shape index (κ2) is 6.89. The fourth-order valence-electron chi connectivity index (χ4n) is 2.06. The van der Waals surface area contributed by atoms with Gasteiger partial charge in [-0.05, 0) is 38.0 Å². The van der Waals surface area contributed by atoms with Crippen LogP contribution in [0.25, 0.3) is 0 Å². The average molecular weight is 270 g/mol. The zero-order chi connectivity index (χ0) is 14.4. The van der Waals surface area contributed by atoms with E-state index in [1.165, 1.54) is 12.0 Å². The predicted octanol–water partition coefficient (Wildman–Crippen LogP) is 3.91. The highest BCUT2D eigenvalue weighted by Gasteiger charge is 2.02. The van der Waals surface area contributed by atoms with E-state index < -0.39 is 0 Å². The van der Waals surface area contributed by atoms with Crippen LogP contribution in [0, 0.1) is 6.92 Å². The molecule has 106 valence electrons. The summed E-state index contributed by atoms with van der Waals surface area (Å²) in [5.74, 6) is 1.48. The number of anilines is 3.